The summed E-state index contributed by atoms with van der Waals surface area (Å²) in [6.07, 6.45) is 0.425. The molecule has 0 bridgehead atoms. The second kappa shape index (κ2) is 5.71. The number of rotatable bonds is 5. The Morgan fingerprint density at radius 1 is 1.44 bits per heavy atom. The third-order valence-corrected chi connectivity index (χ3v) is 3.47. The van der Waals surface area contributed by atoms with Crippen LogP contribution >= 0.6 is 15.9 Å². The number of carboxylic acids is 1. The van der Waals surface area contributed by atoms with Crippen LogP contribution in [0.4, 0.5) is 0 Å². The van der Waals surface area contributed by atoms with Crippen molar-refractivity contribution in [3.63, 3.8) is 0 Å². The first-order chi connectivity index (χ1) is 8.25. The lowest BCUT2D eigenvalue weighted by Gasteiger charge is -2.34. The lowest BCUT2D eigenvalue weighted by Crippen LogP contribution is -2.55. The van der Waals surface area contributed by atoms with Gasteiger partial charge >= 0.3 is 0 Å². The van der Waals surface area contributed by atoms with Crippen LogP contribution in [-0.2, 0) is 11.2 Å². The molecule has 1 atom stereocenters. The quantitative estimate of drug-likeness (QED) is 0.756. The first-order valence-electron chi connectivity index (χ1n) is 5.60. The van der Waals surface area contributed by atoms with Crippen molar-refractivity contribution in [1.29, 1.82) is 0 Å². The fourth-order valence-electron chi connectivity index (χ4n) is 1.73. The minimum Gasteiger partial charge on any atom is -0.544 e. The van der Waals surface area contributed by atoms with Crippen LogP contribution in [0.25, 0.3) is 0 Å². The van der Waals surface area contributed by atoms with Gasteiger partial charge in [0, 0.05) is 6.42 Å². The molecule has 0 amide bonds. The van der Waals surface area contributed by atoms with Crippen molar-refractivity contribution in [3.05, 3.63) is 28.2 Å². The number of methoxy groups -OCH3 is 1. The molecule has 0 heterocycles. The zero-order chi connectivity index (χ0) is 13.9. The Labute approximate surface area is 116 Å². The van der Waals surface area contributed by atoms with Crippen LogP contribution in [0.5, 0.6) is 5.75 Å². The highest BCUT2D eigenvalue weighted by atomic mass is 79.9. The van der Waals surface area contributed by atoms with E-state index < -0.39 is 12.0 Å². The Morgan fingerprint density at radius 2 is 2.06 bits per heavy atom. The smallest absolute Gasteiger partial charge is 0.133 e. The second-order valence-corrected chi connectivity index (χ2v) is 5.98. The Kier molecular flexibility index (Phi) is 4.76. The minimum atomic E-state index is -1.03. The summed E-state index contributed by atoms with van der Waals surface area (Å²) in [7, 11) is 7.13. The van der Waals surface area contributed by atoms with Crippen LogP contribution in [0.2, 0.25) is 0 Å². The van der Waals surface area contributed by atoms with Crippen LogP contribution in [0.15, 0.2) is 22.7 Å². The molecule has 18 heavy (non-hydrogen) atoms. The molecular weight excluding hydrogens is 298 g/mol. The number of carboxylic acid groups (broad SMARTS) is 1. The summed E-state index contributed by atoms with van der Waals surface area (Å²) in [5.41, 5.74) is 0.935. The van der Waals surface area contributed by atoms with Crippen molar-refractivity contribution in [2.75, 3.05) is 28.3 Å². The summed E-state index contributed by atoms with van der Waals surface area (Å²) < 4.78 is 6.29. The van der Waals surface area contributed by atoms with E-state index in [9.17, 15) is 9.90 Å². The highest BCUT2D eigenvalue weighted by Crippen LogP contribution is 2.26. The van der Waals surface area contributed by atoms with E-state index in [1.165, 1.54) is 0 Å². The predicted molar refractivity (Wildman–Crippen MR) is 71.2 cm³/mol. The van der Waals surface area contributed by atoms with Crippen molar-refractivity contribution >= 4 is 21.9 Å². The number of hydrogen-bond acceptors (Lipinski definition) is 3. The molecule has 4 nitrogen and oxygen atoms in total. The van der Waals surface area contributed by atoms with Gasteiger partial charge in [-0.25, -0.2) is 0 Å². The molecule has 0 spiro atoms. The molecule has 5 heteroatoms. The zero-order valence-corrected chi connectivity index (χ0v) is 12.7. The third-order valence-electron chi connectivity index (χ3n) is 2.85. The third kappa shape index (κ3) is 3.71. The Morgan fingerprint density at radius 3 is 2.44 bits per heavy atom. The standard InChI is InChI=1S/C13H18BrNO3/c1-15(2,3)11(13(16)17)8-9-5-6-12(18-4)10(14)7-9/h5-7,11H,8H2,1-4H3. The largest absolute Gasteiger partial charge is 0.544 e. The van der Waals surface area contributed by atoms with Crippen LogP contribution in [-0.4, -0.2) is 44.7 Å². The van der Waals surface area contributed by atoms with Crippen molar-refractivity contribution in [2.24, 2.45) is 0 Å². The van der Waals surface area contributed by atoms with Crippen molar-refractivity contribution < 1.29 is 19.1 Å². The van der Waals surface area contributed by atoms with Crippen molar-refractivity contribution in [2.45, 2.75) is 12.5 Å². The van der Waals surface area contributed by atoms with Gasteiger partial charge in [0.15, 0.2) is 0 Å². The molecule has 0 aromatic heterocycles. The molecule has 0 radical (unpaired) electrons. The van der Waals surface area contributed by atoms with Gasteiger partial charge in [-0.05, 0) is 33.6 Å². The number of halogens is 1. The highest BCUT2D eigenvalue weighted by Gasteiger charge is 2.25. The molecule has 0 N–H and O–H groups in total. The molecule has 0 saturated carbocycles. The van der Waals surface area contributed by atoms with E-state index in [4.69, 9.17) is 4.74 Å². The normalized spacial score (nSPS) is 13.2. The zero-order valence-electron chi connectivity index (χ0n) is 11.1. The van der Waals surface area contributed by atoms with Gasteiger partial charge in [0.2, 0.25) is 0 Å². The van der Waals surface area contributed by atoms with Gasteiger partial charge in [-0.3, -0.25) is 0 Å². The van der Waals surface area contributed by atoms with Crippen LogP contribution < -0.4 is 9.84 Å². The molecule has 0 aliphatic carbocycles. The molecule has 0 saturated heterocycles. The summed E-state index contributed by atoms with van der Waals surface area (Å²) in [5.74, 6) is -0.302. The average molecular weight is 316 g/mol. The number of benzene rings is 1. The number of hydrogen-bond donors (Lipinski definition) is 0. The van der Waals surface area contributed by atoms with Gasteiger partial charge in [-0.15, -0.1) is 0 Å². The molecule has 0 fully saturated rings. The van der Waals surface area contributed by atoms with E-state index in [1.807, 2.05) is 39.3 Å². The van der Waals surface area contributed by atoms with E-state index in [-0.39, 0.29) is 0 Å². The molecule has 1 aromatic rings. The number of likely N-dealkylation sites (N-methyl/N-ethyl adjacent to an activating group) is 1. The Bertz CT molecular complexity index is 440. The first-order valence-corrected chi connectivity index (χ1v) is 6.39. The molecule has 0 aliphatic heterocycles. The lowest BCUT2D eigenvalue weighted by atomic mass is 10.0. The number of quaternary nitrogens is 1. The summed E-state index contributed by atoms with van der Waals surface area (Å²) >= 11 is 3.39. The Hall–Kier alpha value is -1.07. The summed E-state index contributed by atoms with van der Waals surface area (Å²) in [4.78, 5) is 11.2. The molecule has 100 valence electrons. The van der Waals surface area contributed by atoms with E-state index in [1.54, 1.807) is 7.11 Å². The van der Waals surface area contributed by atoms with E-state index in [0.717, 1.165) is 15.8 Å². The summed E-state index contributed by atoms with van der Waals surface area (Å²) in [6.45, 7) is 0. The number of ether oxygens (including phenoxy) is 1. The first kappa shape index (κ1) is 15.0. The van der Waals surface area contributed by atoms with Gasteiger partial charge in [0.1, 0.15) is 11.8 Å². The maximum Gasteiger partial charge on any atom is 0.133 e. The van der Waals surface area contributed by atoms with Crippen LogP contribution in [0, 0.1) is 0 Å². The summed E-state index contributed by atoms with van der Waals surface area (Å²) in [6, 6.07) is 4.99. The number of aliphatic carboxylic acids is 1. The van der Waals surface area contributed by atoms with E-state index >= 15 is 0 Å². The predicted octanol–water partition coefficient (Wildman–Crippen LogP) is 0.825. The second-order valence-electron chi connectivity index (χ2n) is 5.12. The minimum absolute atomic E-state index is 0.325. The van der Waals surface area contributed by atoms with Gasteiger partial charge in [0.25, 0.3) is 0 Å². The van der Waals surface area contributed by atoms with Crippen molar-refractivity contribution in [3.8, 4) is 5.75 Å². The molecule has 1 aromatic carbocycles. The van der Waals surface area contributed by atoms with Gasteiger partial charge < -0.3 is 19.1 Å². The Balaban J connectivity index is 2.95. The fraction of sp³-hybridized carbons (Fsp3) is 0.462. The van der Waals surface area contributed by atoms with Gasteiger partial charge in [-0.2, -0.15) is 0 Å². The molecule has 0 aliphatic rings. The molecule has 1 unspecified atom stereocenters. The monoisotopic (exact) mass is 315 g/mol. The topological polar surface area (TPSA) is 49.4 Å². The van der Waals surface area contributed by atoms with Crippen LogP contribution in [0.1, 0.15) is 5.56 Å². The SMILES string of the molecule is COc1ccc(CC(C(=O)[O-])[N+](C)(C)C)cc1Br. The highest BCUT2D eigenvalue weighted by molar-refractivity contribution is 9.10. The fourth-order valence-corrected chi connectivity index (χ4v) is 2.32. The number of carbonyl (C=O) groups is 1. The van der Waals surface area contributed by atoms with E-state index in [2.05, 4.69) is 15.9 Å². The van der Waals surface area contributed by atoms with Crippen molar-refractivity contribution in [1.82, 2.24) is 0 Å². The number of nitrogens with zero attached hydrogens (tertiary/aromatic N) is 1. The molecule has 1 rings (SSSR count). The molecular formula is C13H18BrNO3. The maximum absolute atomic E-state index is 11.2. The van der Waals surface area contributed by atoms with Gasteiger partial charge in [0.05, 0.1) is 38.7 Å². The summed E-state index contributed by atoms with van der Waals surface area (Å²) in [5, 5.41) is 11.2. The maximum atomic E-state index is 11.2. The van der Waals surface area contributed by atoms with Gasteiger partial charge in [-0.1, -0.05) is 6.07 Å². The van der Waals surface area contributed by atoms with E-state index in [0.29, 0.717) is 10.9 Å². The average Bonchev–Trinajstić information content (AvgIpc) is 2.24. The van der Waals surface area contributed by atoms with Crippen LogP contribution in [0.3, 0.4) is 0 Å². The lowest BCUT2D eigenvalue weighted by molar-refractivity contribution is -0.889. The number of carbonyl (C=O) groups excluding carboxylic acids is 1.